The lowest BCUT2D eigenvalue weighted by Gasteiger charge is -2.07. The minimum atomic E-state index is -0.0845. The molecule has 1 heterocycles. The van der Waals surface area contributed by atoms with Gasteiger partial charge in [0.05, 0.1) is 16.4 Å². The number of benzene rings is 2. The number of halogens is 1. The normalized spacial score (nSPS) is 10.5. The van der Waals surface area contributed by atoms with Crippen LogP contribution in [-0.4, -0.2) is 15.7 Å². The van der Waals surface area contributed by atoms with Gasteiger partial charge in [0.1, 0.15) is 0 Å². The first kappa shape index (κ1) is 15.5. The molecule has 0 aliphatic carbocycles. The first-order valence-electron chi connectivity index (χ1n) is 7.26. The topological polar surface area (TPSA) is 46.9 Å². The Labute approximate surface area is 143 Å². The van der Waals surface area contributed by atoms with Crippen molar-refractivity contribution in [1.82, 2.24) is 15.1 Å². The predicted octanol–water partition coefficient (Wildman–Crippen LogP) is 3.87. The number of hydrogen-bond acceptors (Lipinski definition) is 2. The number of nitrogens with zero attached hydrogens (tertiary/aromatic N) is 2. The van der Waals surface area contributed by atoms with E-state index in [1.54, 1.807) is 23.0 Å². The van der Waals surface area contributed by atoms with Gasteiger partial charge in [0.25, 0.3) is 5.91 Å². The van der Waals surface area contributed by atoms with Crippen molar-refractivity contribution in [1.29, 1.82) is 0 Å². The number of carbonyl (C=O) groups excluding carboxylic acids is 1. The summed E-state index contributed by atoms with van der Waals surface area (Å²) in [6.07, 6.45) is 3.59. The summed E-state index contributed by atoms with van der Waals surface area (Å²) in [6, 6.07) is 15.5. The van der Waals surface area contributed by atoms with Crippen molar-refractivity contribution in [3.63, 3.8) is 0 Å². The molecule has 0 atom stereocenters. The summed E-state index contributed by atoms with van der Waals surface area (Å²) in [5.41, 5.74) is 3.83. The predicted molar refractivity (Wildman–Crippen MR) is 93.6 cm³/mol. The smallest absolute Gasteiger partial charge is 0.251 e. The first-order chi connectivity index (χ1) is 11.1. The molecule has 0 bridgehead atoms. The standard InChI is InChI=1S/C18H16BrN3O/c1-13-2-4-14(5-3-13)10-20-18(23)15-6-8-17(9-7-15)22-12-16(19)11-21-22/h2-9,11-12H,10H2,1H3,(H,20,23). The molecular formula is C18H16BrN3O. The van der Waals surface area contributed by atoms with Crippen molar-refractivity contribution in [2.45, 2.75) is 13.5 Å². The van der Waals surface area contributed by atoms with Crippen molar-refractivity contribution >= 4 is 21.8 Å². The summed E-state index contributed by atoms with van der Waals surface area (Å²) in [5, 5.41) is 7.14. The zero-order valence-corrected chi connectivity index (χ0v) is 14.2. The van der Waals surface area contributed by atoms with Crippen LogP contribution < -0.4 is 5.32 Å². The second-order valence-corrected chi connectivity index (χ2v) is 6.23. The minimum Gasteiger partial charge on any atom is -0.348 e. The van der Waals surface area contributed by atoms with Crippen molar-refractivity contribution in [2.75, 3.05) is 0 Å². The molecule has 1 aromatic heterocycles. The second kappa shape index (κ2) is 6.79. The summed E-state index contributed by atoms with van der Waals surface area (Å²) in [6.45, 7) is 2.56. The highest BCUT2D eigenvalue weighted by Crippen LogP contribution is 2.13. The number of aromatic nitrogens is 2. The highest BCUT2D eigenvalue weighted by atomic mass is 79.9. The van der Waals surface area contributed by atoms with E-state index in [9.17, 15) is 4.79 Å². The maximum absolute atomic E-state index is 12.2. The number of rotatable bonds is 4. The molecule has 3 rings (SSSR count). The van der Waals surface area contributed by atoms with Crippen LogP contribution in [0.15, 0.2) is 65.4 Å². The lowest BCUT2D eigenvalue weighted by atomic mass is 10.1. The average molecular weight is 370 g/mol. The third-order valence-corrected chi connectivity index (χ3v) is 3.93. The molecule has 0 fully saturated rings. The molecule has 0 unspecified atom stereocenters. The van der Waals surface area contributed by atoms with E-state index >= 15 is 0 Å². The van der Waals surface area contributed by atoms with Crippen LogP contribution in [0.1, 0.15) is 21.5 Å². The summed E-state index contributed by atoms with van der Waals surface area (Å²) in [4.78, 5) is 12.2. The van der Waals surface area contributed by atoms with Gasteiger partial charge in [-0.2, -0.15) is 5.10 Å². The van der Waals surface area contributed by atoms with Crippen LogP contribution in [0.4, 0.5) is 0 Å². The van der Waals surface area contributed by atoms with Crippen LogP contribution in [0.25, 0.3) is 5.69 Å². The third kappa shape index (κ3) is 3.87. The fourth-order valence-corrected chi connectivity index (χ4v) is 2.48. The van der Waals surface area contributed by atoms with Gasteiger partial charge in [-0.15, -0.1) is 0 Å². The van der Waals surface area contributed by atoms with Crippen molar-refractivity contribution in [3.8, 4) is 5.69 Å². The van der Waals surface area contributed by atoms with Gasteiger partial charge in [-0.3, -0.25) is 4.79 Å². The highest BCUT2D eigenvalue weighted by Gasteiger charge is 2.06. The van der Waals surface area contributed by atoms with Gasteiger partial charge in [-0.1, -0.05) is 29.8 Å². The highest BCUT2D eigenvalue weighted by molar-refractivity contribution is 9.10. The van der Waals surface area contributed by atoms with Crippen LogP contribution in [0.2, 0.25) is 0 Å². The van der Waals surface area contributed by atoms with E-state index in [1.807, 2.05) is 49.5 Å². The lowest BCUT2D eigenvalue weighted by molar-refractivity contribution is 0.0951. The fraction of sp³-hybridized carbons (Fsp3) is 0.111. The van der Waals surface area contributed by atoms with Gasteiger partial charge in [0.2, 0.25) is 0 Å². The Hall–Kier alpha value is -2.40. The van der Waals surface area contributed by atoms with E-state index in [2.05, 4.69) is 26.3 Å². The molecule has 0 aliphatic heterocycles. The molecule has 0 spiro atoms. The number of nitrogens with one attached hydrogen (secondary N) is 1. The summed E-state index contributed by atoms with van der Waals surface area (Å²) < 4.78 is 2.66. The second-order valence-electron chi connectivity index (χ2n) is 5.32. The fourth-order valence-electron chi connectivity index (χ4n) is 2.20. The van der Waals surface area contributed by atoms with Gasteiger partial charge in [-0.25, -0.2) is 4.68 Å². The number of hydrogen-bond donors (Lipinski definition) is 1. The Kier molecular flexibility index (Phi) is 4.57. The van der Waals surface area contributed by atoms with Gasteiger partial charge in [-0.05, 0) is 52.7 Å². The summed E-state index contributed by atoms with van der Waals surface area (Å²) in [5.74, 6) is -0.0845. The Morgan fingerprint density at radius 3 is 2.43 bits per heavy atom. The van der Waals surface area contributed by atoms with E-state index in [-0.39, 0.29) is 5.91 Å². The van der Waals surface area contributed by atoms with E-state index in [0.29, 0.717) is 12.1 Å². The summed E-state index contributed by atoms with van der Waals surface area (Å²) in [7, 11) is 0. The van der Waals surface area contributed by atoms with Crippen LogP contribution in [0.3, 0.4) is 0 Å². The molecule has 1 N–H and O–H groups in total. The molecular weight excluding hydrogens is 354 g/mol. The summed E-state index contributed by atoms with van der Waals surface area (Å²) >= 11 is 3.37. The molecule has 0 radical (unpaired) electrons. The maximum Gasteiger partial charge on any atom is 0.251 e. The quantitative estimate of drug-likeness (QED) is 0.758. The van der Waals surface area contributed by atoms with Gasteiger partial charge in [0, 0.05) is 18.3 Å². The molecule has 4 nitrogen and oxygen atoms in total. The van der Waals surface area contributed by atoms with E-state index < -0.39 is 0 Å². The van der Waals surface area contributed by atoms with E-state index in [0.717, 1.165) is 15.7 Å². The van der Waals surface area contributed by atoms with Gasteiger partial charge < -0.3 is 5.32 Å². The minimum absolute atomic E-state index is 0.0845. The Balaban J connectivity index is 1.64. The number of carbonyl (C=O) groups is 1. The third-order valence-electron chi connectivity index (χ3n) is 3.52. The molecule has 0 saturated heterocycles. The zero-order valence-electron chi connectivity index (χ0n) is 12.7. The van der Waals surface area contributed by atoms with Crippen LogP contribution >= 0.6 is 15.9 Å². The van der Waals surface area contributed by atoms with E-state index in [1.165, 1.54) is 5.56 Å². The van der Waals surface area contributed by atoms with Crippen molar-refractivity contribution in [2.24, 2.45) is 0 Å². The van der Waals surface area contributed by atoms with Crippen molar-refractivity contribution in [3.05, 3.63) is 82.1 Å². The number of aryl methyl sites for hydroxylation is 1. The zero-order chi connectivity index (χ0) is 16.2. The Morgan fingerprint density at radius 2 is 1.83 bits per heavy atom. The van der Waals surface area contributed by atoms with Gasteiger partial charge >= 0.3 is 0 Å². The largest absolute Gasteiger partial charge is 0.348 e. The molecule has 116 valence electrons. The molecule has 5 heteroatoms. The number of amides is 1. The molecule has 23 heavy (non-hydrogen) atoms. The first-order valence-corrected chi connectivity index (χ1v) is 8.05. The lowest BCUT2D eigenvalue weighted by Crippen LogP contribution is -2.22. The molecule has 0 aliphatic rings. The van der Waals surface area contributed by atoms with Crippen LogP contribution in [0, 0.1) is 6.92 Å². The molecule has 1 amide bonds. The maximum atomic E-state index is 12.2. The van der Waals surface area contributed by atoms with Crippen LogP contribution in [-0.2, 0) is 6.54 Å². The molecule has 3 aromatic rings. The molecule has 2 aromatic carbocycles. The van der Waals surface area contributed by atoms with E-state index in [4.69, 9.17) is 0 Å². The van der Waals surface area contributed by atoms with Gasteiger partial charge in [0.15, 0.2) is 0 Å². The molecule has 0 saturated carbocycles. The Morgan fingerprint density at radius 1 is 1.13 bits per heavy atom. The SMILES string of the molecule is Cc1ccc(CNC(=O)c2ccc(-n3cc(Br)cn3)cc2)cc1. The monoisotopic (exact) mass is 369 g/mol. The Bertz CT molecular complexity index is 807. The van der Waals surface area contributed by atoms with Crippen molar-refractivity contribution < 1.29 is 4.79 Å². The van der Waals surface area contributed by atoms with Crippen LogP contribution in [0.5, 0.6) is 0 Å². The average Bonchev–Trinajstić information content (AvgIpc) is 3.01.